The highest BCUT2D eigenvalue weighted by Gasteiger charge is 2.30. The summed E-state index contributed by atoms with van der Waals surface area (Å²) in [4.78, 5) is 15.8. The van der Waals surface area contributed by atoms with Gasteiger partial charge in [0.15, 0.2) is 6.04 Å². The molecule has 1 atom stereocenters. The molecule has 0 saturated carbocycles. The summed E-state index contributed by atoms with van der Waals surface area (Å²) in [7, 11) is 0. The fourth-order valence-corrected chi connectivity index (χ4v) is 3.39. The predicted octanol–water partition coefficient (Wildman–Crippen LogP) is 1.73. The molecule has 0 unspecified atom stereocenters. The van der Waals surface area contributed by atoms with Gasteiger partial charge in [0.1, 0.15) is 11.5 Å². The van der Waals surface area contributed by atoms with Crippen molar-refractivity contribution >= 4 is 17.3 Å². The quantitative estimate of drug-likeness (QED) is 0.701. The number of quaternary nitrogens is 1. The second-order valence-electron chi connectivity index (χ2n) is 6.72. The summed E-state index contributed by atoms with van der Waals surface area (Å²) in [5.74, 6) is -0.0684. The summed E-state index contributed by atoms with van der Waals surface area (Å²) < 4.78 is 29.5. The molecule has 2 aromatic rings. The number of anilines is 2. The molecule has 2 aromatic carbocycles. The van der Waals surface area contributed by atoms with Crippen LogP contribution >= 0.6 is 0 Å². The van der Waals surface area contributed by atoms with Crippen molar-refractivity contribution in [3.8, 4) is 11.5 Å². The largest absolute Gasteiger partial charge is 0.506 e. The summed E-state index contributed by atoms with van der Waals surface area (Å²) in [6.07, 6.45) is 0. The molecule has 1 fully saturated rings. The van der Waals surface area contributed by atoms with Crippen LogP contribution in [0.5, 0.6) is 11.5 Å². The van der Waals surface area contributed by atoms with Gasteiger partial charge in [-0.1, -0.05) is 24.3 Å². The third kappa shape index (κ3) is 4.69. The molecule has 8 heteroatoms. The maximum atomic E-state index is 12.6. The van der Waals surface area contributed by atoms with Gasteiger partial charge >= 0.3 is 6.61 Å². The monoisotopic (exact) mass is 392 g/mol. The van der Waals surface area contributed by atoms with Gasteiger partial charge in [0, 0.05) is 0 Å². The van der Waals surface area contributed by atoms with Crippen molar-refractivity contribution in [1.29, 1.82) is 0 Å². The number of carbonyl (C=O) groups is 1. The van der Waals surface area contributed by atoms with Crippen LogP contribution in [0.25, 0.3) is 0 Å². The molecule has 0 aromatic heterocycles. The molecule has 1 aliphatic rings. The first-order valence-corrected chi connectivity index (χ1v) is 9.18. The summed E-state index contributed by atoms with van der Waals surface area (Å²) >= 11 is 0. The van der Waals surface area contributed by atoms with Gasteiger partial charge in [-0.3, -0.25) is 4.79 Å². The maximum absolute atomic E-state index is 12.6. The Kier molecular flexibility index (Phi) is 6.30. The molecule has 6 nitrogen and oxygen atoms in total. The third-order valence-electron chi connectivity index (χ3n) is 4.99. The van der Waals surface area contributed by atoms with Crippen LogP contribution in [0.15, 0.2) is 48.5 Å². The van der Waals surface area contributed by atoms with Crippen molar-refractivity contribution in [1.82, 2.24) is 0 Å². The average Bonchev–Trinajstić information content (AvgIpc) is 2.69. The Morgan fingerprint density at radius 1 is 1.14 bits per heavy atom. The van der Waals surface area contributed by atoms with Gasteiger partial charge in [-0.2, -0.15) is 8.78 Å². The molecule has 0 aliphatic carbocycles. The van der Waals surface area contributed by atoms with Gasteiger partial charge < -0.3 is 25.0 Å². The number of carbonyl (C=O) groups excluding carboxylic acids is 1. The van der Waals surface area contributed by atoms with E-state index in [1.54, 1.807) is 24.3 Å². The lowest BCUT2D eigenvalue weighted by Crippen LogP contribution is -3.19. The predicted molar refractivity (Wildman–Crippen MR) is 102 cm³/mol. The Labute approximate surface area is 162 Å². The minimum absolute atomic E-state index is 0.0579. The topological polar surface area (TPSA) is 66.2 Å². The van der Waals surface area contributed by atoms with Crippen molar-refractivity contribution < 1.29 is 28.3 Å². The zero-order valence-corrected chi connectivity index (χ0v) is 15.6. The second kappa shape index (κ2) is 8.88. The second-order valence-corrected chi connectivity index (χ2v) is 6.72. The number of nitrogens with zero attached hydrogens (tertiary/aromatic N) is 1. The lowest BCUT2D eigenvalue weighted by atomic mass is 10.2. The number of para-hydroxylation sites is 4. The van der Waals surface area contributed by atoms with Crippen LogP contribution in [0.4, 0.5) is 20.2 Å². The fraction of sp³-hybridized carbons (Fsp3) is 0.350. The number of nitrogens with one attached hydrogen (secondary N) is 2. The molecule has 1 heterocycles. The van der Waals surface area contributed by atoms with Gasteiger partial charge in [-0.25, -0.2) is 0 Å². The van der Waals surface area contributed by atoms with Crippen molar-refractivity contribution in [2.24, 2.45) is 0 Å². The van der Waals surface area contributed by atoms with Gasteiger partial charge in [-0.05, 0) is 31.2 Å². The number of phenolic OH excluding ortho intramolecular Hbond substituents is 1. The van der Waals surface area contributed by atoms with Crippen molar-refractivity contribution in [3.63, 3.8) is 0 Å². The third-order valence-corrected chi connectivity index (χ3v) is 4.99. The normalized spacial score (nSPS) is 16.1. The maximum Gasteiger partial charge on any atom is 0.387 e. The van der Waals surface area contributed by atoms with E-state index in [0.717, 1.165) is 23.7 Å². The first-order valence-electron chi connectivity index (χ1n) is 9.18. The number of piperazine rings is 1. The summed E-state index contributed by atoms with van der Waals surface area (Å²) in [5.41, 5.74) is 1.02. The van der Waals surface area contributed by atoms with Crippen molar-refractivity contribution in [3.05, 3.63) is 48.5 Å². The van der Waals surface area contributed by atoms with Crippen LogP contribution in [0, 0.1) is 0 Å². The van der Waals surface area contributed by atoms with Crippen LogP contribution in [0.1, 0.15) is 6.92 Å². The van der Waals surface area contributed by atoms with E-state index in [9.17, 15) is 18.7 Å². The van der Waals surface area contributed by atoms with E-state index < -0.39 is 6.61 Å². The number of hydrogen-bond donors (Lipinski definition) is 3. The molecule has 1 saturated heterocycles. The van der Waals surface area contributed by atoms with Gasteiger partial charge in [0.2, 0.25) is 0 Å². The first-order chi connectivity index (χ1) is 13.5. The minimum atomic E-state index is -2.96. The first kappa shape index (κ1) is 19.9. The number of phenols is 1. The number of hydrogen-bond acceptors (Lipinski definition) is 4. The summed E-state index contributed by atoms with van der Waals surface area (Å²) in [6, 6.07) is 13.0. The summed E-state index contributed by atoms with van der Waals surface area (Å²) in [5, 5.41) is 12.7. The molecule has 3 rings (SSSR count). The minimum Gasteiger partial charge on any atom is -0.506 e. The lowest BCUT2D eigenvalue weighted by Gasteiger charge is -2.36. The molecule has 0 radical (unpaired) electrons. The molecular formula is C20H24F2N3O3+. The van der Waals surface area contributed by atoms with E-state index in [4.69, 9.17) is 0 Å². The highest BCUT2D eigenvalue weighted by molar-refractivity contribution is 5.94. The average molecular weight is 392 g/mol. The number of benzene rings is 2. The number of rotatable bonds is 6. The van der Waals surface area contributed by atoms with E-state index in [1.807, 2.05) is 19.1 Å². The molecule has 0 bridgehead atoms. The molecule has 28 heavy (non-hydrogen) atoms. The molecular weight excluding hydrogens is 368 g/mol. The zero-order valence-electron chi connectivity index (χ0n) is 15.6. The molecule has 150 valence electrons. The number of ether oxygens (including phenoxy) is 1. The van der Waals surface area contributed by atoms with Crippen LogP contribution < -0.4 is 19.9 Å². The van der Waals surface area contributed by atoms with E-state index in [1.165, 1.54) is 12.1 Å². The zero-order chi connectivity index (χ0) is 20.1. The Morgan fingerprint density at radius 2 is 1.79 bits per heavy atom. The standard InChI is InChI=1S/C20H23F2N3O3/c1-14(19(27)23-15-6-2-5-9-18(15)28-20(21)22)24-10-12-25(13-11-24)16-7-3-4-8-17(16)26/h2-9,14,20,26H,10-13H2,1H3,(H,23,27)/p+1/t14-/m1/s1. The van der Waals surface area contributed by atoms with Crippen molar-refractivity contribution in [2.75, 3.05) is 36.4 Å². The fourth-order valence-electron chi connectivity index (χ4n) is 3.39. The lowest BCUT2D eigenvalue weighted by molar-refractivity contribution is -0.914. The molecule has 0 spiro atoms. The van der Waals surface area contributed by atoms with E-state index in [0.29, 0.717) is 13.1 Å². The Hall–Kier alpha value is -2.87. The Balaban J connectivity index is 1.59. The van der Waals surface area contributed by atoms with E-state index in [2.05, 4.69) is 15.0 Å². The SMILES string of the molecule is C[C@H](C(=O)Nc1ccccc1OC(F)F)[NH+]1CCN(c2ccccc2O)CC1. The number of halogens is 2. The number of amides is 1. The highest BCUT2D eigenvalue weighted by atomic mass is 19.3. The smallest absolute Gasteiger partial charge is 0.387 e. The number of aromatic hydroxyl groups is 1. The van der Waals surface area contributed by atoms with Crippen LogP contribution in [-0.2, 0) is 4.79 Å². The molecule has 1 aliphatic heterocycles. The highest BCUT2D eigenvalue weighted by Crippen LogP contribution is 2.27. The van der Waals surface area contributed by atoms with Crippen LogP contribution in [0.2, 0.25) is 0 Å². The Morgan fingerprint density at radius 3 is 2.46 bits per heavy atom. The van der Waals surface area contributed by atoms with Gasteiger partial charge in [0.25, 0.3) is 5.91 Å². The van der Waals surface area contributed by atoms with E-state index in [-0.39, 0.29) is 29.1 Å². The molecule has 1 amide bonds. The van der Waals surface area contributed by atoms with Gasteiger partial charge in [-0.15, -0.1) is 0 Å². The summed E-state index contributed by atoms with van der Waals surface area (Å²) in [6.45, 7) is 1.71. The van der Waals surface area contributed by atoms with Crippen molar-refractivity contribution in [2.45, 2.75) is 19.6 Å². The molecule has 3 N–H and O–H groups in total. The Bertz CT molecular complexity index is 811. The number of alkyl halides is 2. The van der Waals surface area contributed by atoms with E-state index >= 15 is 0 Å². The van der Waals surface area contributed by atoms with Crippen LogP contribution in [0.3, 0.4) is 0 Å². The van der Waals surface area contributed by atoms with Crippen LogP contribution in [-0.4, -0.2) is 49.8 Å². The van der Waals surface area contributed by atoms with Gasteiger partial charge in [0.05, 0.1) is 37.6 Å².